The summed E-state index contributed by atoms with van der Waals surface area (Å²) in [6, 6.07) is 0. The molecule has 0 aliphatic carbocycles. The Kier molecular flexibility index (Phi) is 9.02. The molecule has 0 atom stereocenters. The van der Waals surface area contributed by atoms with E-state index in [4.69, 9.17) is 0 Å². The van der Waals surface area contributed by atoms with Crippen molar-refractivity contribution in [2.75, 3.05) is 6.54 Å². The third-order valence-electron chi connectivity index (χ3n) is 2.35. The van der Waals surface area contributed by atoms with Crippen LogP contribution in [0.4, 0.5) is 0 Å². The minimum Gasteiger partial charge on any atom is -0.294 e. The van der Waals surface area contributed by atoms with Gasteiger partial charge in [0.2, 0.25) is 0 Å². The van der Waals surface area contributed by atoms with Crippen LogP contribution >= 0.6 is 0 Å². The molecule has 0 aliphatic rings. The van der Waals surface area contributed by atoms with Crippen LogP contribution in [0.3, 0.4) is 0 Å². The summed E-state index contributed by atoms with van der Waals surface area (Å²) in [6.07, 6.45) is 7.89. The molecule has 0 saturated heterocycles. The van der Waals surface area contributed by atoms with Gasteiger partial charge in [-0.3, -0.25) is 4.99 Å². The maximum absolute atomic E-state index is 4.58. The number of rotatable bonds is 8. The minimum absolute atomic E-state index is 0.749. The van der Waals surface area contributed by atoms with Crippen LogP contribution in [0.15, 0.2) is 4.99 Å². The van der Waals surface area contributed by atoms with E-state index >= 15 is 0 Å². The smallest absolute Gasteiger partial charge is 0.0388 e. The lowest BCUT2D eigenvalue weighted by molar-refractivity contribution is 0.635. The molecule has 0 spiro atoms. The number of hydrogen-bond donors (Lipinski definition) is 0. The van der Waals surface area contributed by atoms with E-state index in [-0.39, 0.29) is 0 Å². The Hall–Kier alpha value is -0.330. The predicted molar refractivity (Wildman–Crippen MR) is 66.2 cm³/mol. The van der Waals surface area contributed by atoms with Gasteiger partial charge in [0.25, 0.3) is 0 Å². The van der Waals surface area contributed by atoms with E-state index in [0.29, 0.717) is 0 Å². The zero-order valence-corrected chi connectivity index (χ0v) is 10.5. The molecule has 0 fully saturated rings. The van der Waals surface area contributed by atoms with E-state index in [9.17, 15) is 0 Å². The summed E-state index contributed by atoms with van der Waals surface area (Å²) in [7, 11) is 0. The van der Waals surface area contributed by atoms with Gasteiger partial charge < -0.3 is 0 Å². The van der Waals surface area contributed by atoms with E-state index in [2.05, 4.69) is 32.7 Å². The first kappa shape index (κ1) is 13.7. The summed E-state index contributed by atoms with van der Waals surface area (Å²) >= 11 is 0. The normalized spacial score (nSPS) is 12.5. The fourth-order valence-electron chi connectivity index (χ4n) is 1.64. The molecular weight excluding hydrogens is 170 g/mol. The Morgan fingerprint density at radius 2 is 1.71 bits per heavy atom. The Bertz CT molecular complexity index is 147. The monoisotopic (exact) mass is 197 g/mol. The second-order valence-electron chi connectivity index (χ2n) is 4.63. The number of aliphatic imine (C=N–C) groups is 1. The van der Waals surface area contributed by atoms with E-state index in [1.54, 1.807) is 0 Å². The molecule has 0 aliphatic heterocycles. The molecule has 0 heterocycles. The lowest BCUT2D eigenvalue weighted by atomic mass is 10.1. The molecule has 0 aromatic rings. The van der Waals surface area contributed by atoms with Gasteiger partial charge in [0.1, 0.15) is 0 Å². The summed E-state index contributed by atoms with van der Waals surface area (Å²) in [5.74, 6) is 0.749. The maximum Gasteiger partial charge on any atom is 0.0388 e. The van der Waals surface area contributed by atoms with Gasteiger partial charge in [0.05, 0.1) is 0 Å². The molecule has 84 valence electrons. The first-order chi connectivity index (χ1) is 6.66. The summed E-state index contributed by atoms with van der Waals surface area (Å²) in [5.41, 5.74) is 1.33. The van der Waals surface area contributed by atoms with Crippen molar-refractivity contribution < 1.29 is 0 Å². The van der Waals surface area contributed by atoms with Crippen LogP contribution in [-0.4, -0.2) is 12.3 Å². The Labute approximate surface area is 90.0 Å². The largest absolute Gasteiger partial charge is 0.294 e. The number of hydrogen-bond acceptors (Lipinski definition) is 1. The van der Waals surface area contributed by atoms with Crippen molar-refractivity contribution in [1.29, 1.82) is 0 Å². The van der Waals surface area contributed by atoms with Gasteiger partial charge in [-0.05, 0) is 25.7 Å². The summed E-state index contributed by atoms with van der Waals surface area (Å²) < 4.78 is 0. The Morgan fingerprint density at radius 1 is 1.07 bits per heavy atom. The molecule has 1 nitrogen and oxygen atoms in total. The quantitative estimate of drug-likeness (QED) is 0.402. The average molecular weight is 197 g/mol. The van der Waals surface area contributed by atoms with Gasteiger partial charge in [-0.25, -0.2) is 0 Å². The number of nitrogens with zero attached hydrogens (tertiary/aromatic N) is 1. The van der Waals surface area contributed by atoms with Crippen molar-refractivity contribution in [3.63, 3.8) is 0 Å². The molecule has 0 radical (unpaired) electrons. The maximum atomic E-state index is 4.58. The van der Waals surface area contributed by atoms with Crippen LogP contribution < -0.4 is 0 Å². The Morgan fingerprint density at radius 3 is 2.29 bits per heavy atom. The first-order valence-electron chi connectivity index (χ1n) is 6.16. The highest BCUT2D eigenvalue weighted by atomic mass is 14.7. The highest BCUT2D eigenvalue weighted by Crippen LogP contribution is 2.04. The lowest BCUT2D eigenvalue weighted by Crippen LogP contribution is -1.99. The average Bonchev–Trinajstić information content (AvgIpc) is 2.10. The second-order valence-corrected chi connectivity index (χ2v) is 4.63. The fraction of sp³-hybridized carbons (Fsp3) is 0.923. The summed E-state index contributed by atoms with van der Waals surface area (Å²) in [5, 5.41) is 0. The molecule has 0 unspecified atom stereocenters. The molecule has 14 heavy (non-hydrogen) atoms. The van der Waals surface area contributed by atoms with Crippen molar-refractivity contribution in [2.24, 2.45) is 10.9 Å². The van der Waals surface area contributed by atoms with Crippen molar-refractivity contribution in [3.05, 3.63) is 0 Å². The third-order valence-corrected chi connectivity index (χ3v) is 2.35. The first-order valence-corrected chi connectivity index (χ1v) is 6.16. The topological polar surface area (TPSA) is 12.4 Å². The standard InChI is InChI=1S/C13H27N/c1-5-6-7-8-9-10-14-13(4)11-12(2)3/h12H,5-11H2,1-4H3/b14-13+. The lowest BCUT2D eigenvalue weighted by Gasteiger charge is -2.03. The van der Waals surface area contributed by atoms with Crippen LogP contribution in [0.25, 0.3) is 0 Å². The zero-order valence-electron chi connectivity index (χ0n) is 10.5. The highest BCUT2D eigenvalue weighted by Gasteiger charge is 1.96. The van der Waals surface area contributed by atoms with Crippen molar-refractivity contribution in [3.8, 4) is 0 Å². The summed E-state index contributed by atoms with van der Waals surface area (Å²) in [4.78, 5) is 4.58. The van der Waals surface area contributed by atoms with Crippen LogP contribution in [0, 0.1) is 5.92 Å². The highest BCUT2D eigenvalue weighted by molar-refractivity contribution is 5.81. The van der Waals surface area contributed by atoms with Crippen LogP contribution in [0.5, 0.6) is 0 Å². The van der Waals surface area contributed by atoms with Gasteiger partial charge in [-0.2, -0.15) is 0 Å². The van der Waals surface area contributed by atoms with Gasteiger partial charge in [0, 0.05) is 12.3 Å². The fourth-order valence-corrected chi connectivity index (χ4v) is 1.64. The second kappa shape index (κ2) is 9.23. The molecule has 0 N–H and O–H groups in total. The van der Waals surface area contributed by atoms with Gasteiger partial charge >= 0.3 is 0 Å². The third kappa shape index (κ3) is 9.76. The molecule has 0 bridgehead atoms. The van der Waals surface area contributed by atoms with Crippen LogP contribution in [0.1, 0.15) is 66.2 Å². The molecule has 0 rings (SSSR count). The van der Waals surface area contributed by atoms with Crippen molar-refractivity contribution >= 4 is 5.71 Å². The van der Waals surface area contributed by atoms with Crippen molar-refractivity contribution in [1.82, 2.24) is 0 Å². The van der Waals surface area contributed by atoms with E-state index in [1.165, 1.54) is 37.8 Å². The SMILES string of the molecule is CCCCCCC/N=C(\C)CC(C)C. The molecule has 0 saturated carbocycles. The minimum atomic E-state index is 0.749. The van der Waals surface area contributed by atoms with Gasteiger partial charge in [-0.1, -0.05) is 46.5 Å². The van der Waals surface area contributed by atoms with E-state index in [1.807, 2.05) is 0 Å². The van der Waals surface area contributed by atoms with Crippen LogP contribution in [0.2, 0.25) is 0 Å². The molecule has 0 aromatic carbocycles. The zero-order chi connectivity index (χ0) is 10.8. The molecule has 1 heteroatoms. The molecule has 0 aromatic heterocycles. The van der Waals surface area contributed by atoms with E-state index < -0.39 is 0 Å². The predicted octanol–water partition coefficient (Wildman–Crippen LogP) is 4.46. The Balaban J connectivity index is 3.32. The van der Waals surface area contributed by atoms with Gasteiger partial charge in [-0.15, -0.1) is 0 Å². The van der Waals surface area contributed by atoms with Crippen molar-refractivity contribution in [2.45, 2.75) is 66.2 Å². The summed E-state index contributed by atoms with van der Waals surface area (Å²) in [6.45, 7) is 9.96. The van der Waals surface area contributed by atoms with Crippen LogP contribution in [-0.2, 0) is 0 Å². The molecular formula is C13H27N. The van der Waals surface area contributed by atoms with E-state index in [0.717, 1.165) is 18.9 Å². The number of unbranched alkanes of at least 4 members (excludes halogenated alkanes) is 4. The molecule has 0 amide bonds. The van der Waals surface area contributed by atoms with Gasteiger partial charge in [0.15, 0.2) is 0 Å².